The van der Waals surface area contributed by atoms with Crippen LogP contribution in [0.4, 0.5) is 5.69 Å². The van der Waals surface area contributed by atoms with E-state index < -0.39 is 0 Å². The predicted molar refractivity (Wildman–Crippen MR) is 76.6 cm³/mol. The van der Waals surface area contributed by atoms with Gasteiger partial charge in [-0.15, -0.1) is 0 Å². The SMILES string of the molecule is c1ccc2c(c1)N=c1[nH]c(=C3N=c4ccccc4=N3)nc1-2. The number of fused-ring (bicyclic) bond motifs is 4. The third-order valence-electron chi connectivity index (χ3n) is 3.62. The molecule has 0 aliphatic carbocycles. The Hall–Kier alpha value is -3.08. The second kappa shape index (κ2) is 3.73. The van der Waals surface area contributed by atoms with E-state index in [2.05, 4.69) is 24.9 Å². The van der Waals surface area contributed by atoms with E-state index in [0.29, 0.717) is 11.3 Å². The van der Waals surface area contributed by atoms with Crippen LogP contribution in [0.2, 0.25) is 0 Å². The van der Waals surface area contributed by atoms with Crippen LogP contribution in [0.5, 0.6) is 0 Å². The lowest BCUT2D eigenvalue weighted by Crippen LogP contribution is -2.19. The minimum absolute atomic E-state index is 0.610. The van der Waals surface area contributed by atoms with E-state index in [1.54, 1.807) is 0 Å². The van der Waals surface area contributed by atoms with Crippen molar-refractivity contribution >= 4 is 11.5 Å². The largest absolute Gasteiger partial charge is 0.320 e. The van der Waals surface area contributed by atoms with Gasteiger partial charge in [0.25, 0.3) is 0 Å². The maximum atomic E-state index is 4.62. The summed E-state index contributed by atoms with van der Waals surface area (Å²) in [6.45, 7) is 0. The maximum Gasteiger partial charge on any atom is 0.197 e. The first-order valence-electron chi connectivity index (χ1n) is 6.69. The molecule has 2 aliphatic heterocycles. The molecule has 0 bridgehead atoms. The Morgan fingerprint density at radius 3 is 2.29 bits per heavy atom. The molecule has 5 nitrogen and oxygen atoms in total. The summed E-state index contributed by atoms with van der Waals surface area (Å²) in [6, 6.07) is 15.8. The second-order valence-corrected chi connectivity index (χ2v) is 4.95. The summed E-state index contributed by atoms with van der Waals surface area (Å²) in [5, 5.41) is 1.75. The third kappa shape index (κ3) is 1.45. The van der Waals surface area contributed by atoms with Crippen LogP contribution in [-0.4, -0.2) is 9.97 Å². The molecular formula is C16H9N5. The molecule has 0 unspecified atom stereocenters. The highest BCUT2D eigenvalue weighted by atomic mass is 15.1. The molecule has 0 radical (unpaired) electrons. The molecule has 0 atom stereocenters. The summed E-state index contributed by atoms with van der Waals surface area (Å²) in [5.41, 5.74) is 4.31. The smallest absolute Gasteiger partial charge is 0.197 e. The standard InChI is InChI=1S/C16H9N5/c1-2-6-10-9(5-1)13-14(17-10)21-16(20-13)15-18-11-7-3-4-8-12(11)19-15/h1-8H,(H,17,21). The fourth-order valence-electron chi connectivity index (χ4n) is 2.64. The van der Waals surface area contributed by atoms with Crippen LogP contribution in [-0.2, 0) is 0 Å². The van der Waals surface area contributed by atoms with Crippen molar-refractivity contribution < 1.29 is 0 Å². The van der Waals surface area contributed by atoms with Crippen molar-refractivity contribution in [3.8, 4) is 11.3 Å². The van der Waals surface area contributed by atoms with Gasteiger partial charge in [-0.25, -0.2) is 20.0 Å². The molecule has 3 aromatic rings. The average Bonchev–Trinajstić information content (AvgIpc) is 3.18. The Kier molecular flexibility index (Phi) is 1.90. The molecule has 3 heterocycles. The van der Waals surface area contributed by atoms with E-state index in [-0.39, 0.29) is 0 Å². The van der Waals surface area contributed by atoms with Gasteiger partial charge in [0.2, 0.25) is 0 Å². The summed E-state index contributed by atoms with van der Waals surface area (Å²) < 4.78 is 0. The number of nitrogens with one attached hydrogen (secondary N) is 1. The van der Waals surface area contributed by atoms with Crippen molar-refractivity contribution in [1.29, 1.82) is 0 Å². The summed E-state index contributed by atoms with van der Waals surface area (Å²) in [4.78, 5) is 21.4. The van der Waals surface area contributed by atoms with Gasteiger partial charge < -0.3 is 4.98 Å². The van der Waals surface area contributed by atoms with Gasteiger partial charge in [-0.1, -0.05) is 30.3 Å². The number of benzene rings is 2. The first kappa shape index (κ1) is 10.7. The normalized spacial score (nSPS) is 13.8. The van der Waals surface area contributed by atoms with Crippen LogP contribution in [0.1, 0.15) is 0 Å². The van der Waals surface area contributed by atoms with Gasteiger partial charge in [-0.3, -0.25) is 0 Å². The number of imidazole rings is 1. The van der Waals surface area contributed by atoms with Crippen LogP contribution >= 0.6 is 0 Å². The lowest BCUT2D eigenvalue weighted by molar-refractivity contribution is 1.11. The zero-order chi connectivity index (χ0) is 13.8. The highest BCUT2D eigenvalue weighted by molar-refractivity contribution is 5.76. The molecule has 2 aromatic carbocycles. The number of hydrogen-bond donors (Lipinski definition) is 1. The van der Waals surface area contributed by atoms with Crippen LogP contribution in [0.3, 0.4) is 0 Å². The number of rotatable bonds is 0. The van der Waals surface area contributed by atoms with Crippen molar-refractivity contribution in [3.05, 3.63) is 70.2 Å². The molecule has 1 aromatic heterocycles. The van der Waals surface area contributed by atoms with Crippen LogP contribution in [0.15, 0.2) is 63.5 Å². The fourth-order valence-corrected chi connectivity index (χ4v) is 2.64. The summed E-state index contributed by atoms with van der Waals surface area (Å²) in [7, 11) is 0. The zero-order valence-electron chi connectivity index (χ0n) is 10.9. The van der Waals surface area contributed by atoms with Crippen LogP contribution < -0.4 is 21.7 Å². The zero-order valence-corrected chi connectivity index (χ0v) is 10.9. The van der Waals surface area contributed by atoms with Crippen molar-refractivity contribution in [2.45, 2.75) is 0 Å². The number of aromatic amines is 1. The predicted octanol–water partition coefficient (Wildman–Crippen LogP) is 0.360. The Morgan fingerprint density at radius 2 is 1.48 bits per heavy atom. The second-order valence-electron chi connectivity index (χ2n) is 4.95. The molecule has 2 aliphatic rings. The number of para-hydroxylation sites is 3. The minimum atomic E-state index is 0.610. The molecule has 5 rings (SSSR count). The first-order chi connectivity index (χ1) is 10.4. The molecule has 1 N–H and O–H groups in total. The lowest BCUT2D eigenvalue weighted by atomic mass is 10.1. The van der Waals surface area contributed by atoms with E-state index in [1.807, 2.05) is 48.5 Å². The summed E-state index contributed by atoms with van der Waals surface area (Å²) in [6.07, 6.45) is 0. The minimum Gasteiger partial charge on any atom is -0.320 e. The lowest BCUT2D eigenvalue weighted by Gasteiger charge is -1.93. The summed E-state index contributed by atoms with van der Waals surface area (Å²) in [5.74, 6) is 0.610. The van der Waals surface area contributed by atoms with E-state index in [9.17, 15) is 0 Å². The molecule has 0 spiro atoms. The quantitative estimate of drug-likeness (QED) is 0.493. The summed E-state index contributed by atoms with van der Waals surface area (Å²) >= 11 is 0. The highest BCUT2D eigenvalue weighted by Gasteiger charge is 2.17. The Morgan fingerprint density at radius 1 is 0.762 bits per heavy atom. The van der Waals surface area contributed by atoms with Gasteiger partial charge in [0.15, 0.2) is 16.8 Å². The van der Waals surface area contributed by atoms with Crippen molar-refractivity contribution in [3.63, 3.8) is 0 Å². The fraction of sp³-hybridized carbons (Fsp3) is 0. The van der Waals surface area contributed by atoms with Crippen LogP contribution in [0.25, 0.3) is 17.1 Å². The maximum absolute atomic E-state index is 4.62. The molecular weight excluding hydrogens is 262 g/mol. The highest BCUT2D eigenvalue weighted by Crippen LogP contribution is 2.29. The third-order valence-corrected chi connectivity index (χ3v) is 3.62. The number of nitrogens with zero attached hydrogens (tertiary/aromatic N) is 4. The van der Waals surface area contributed by atoms with Gasteiger partial charge in [0.1, 0.15) is 5.69 Å². The molecule has 5 heteroatoms. The Bertz CT molecular complexity index is 1100. The Labute approximate surface area is 118 Å². The molecule has 0 saturated heterocycles. The van der Waals surface area contributed by atoms with Crippen LogP contribution in [0, 0.1) is 0 Å². The van der Waals surface area contributed by atoms with E-state index in [0.717, 1.165) is 33.1 Å². The van der Waals surface area contributed by atoms with Gasteiger partial charge in [-0.05, 0) is 18.2 Å². The van der Waals surface area contributed by atoms with E-state index in [4.69, 9.17) is 0 Å². The van der Waals surface area contributed by atoms with Gasteiger partial charge in [-0.2, -0.15) is 0 Å². The monoisotopic (exact) mass is 271 g/mol. The van der Waals surface area contributed by atoms with E-state index >= 15 is 0 Å². The first-order valence-corrected chi connectivity index (χ1v) is 6.69. The van der Waals surface area contributed by atoms with E-state index in [1.165, 1.54) is 0 Å². The molecule has 98 valence electrons. The molecule has 0 amide bonds. The number of aromatic nitrogens is 2. The van der Waals surface area contributed by atoms with Crippen molar-refractivity contribution in [1.82, 2.24) is 9.97 Å². The van der Waals surface area contributed by atoms with Crippen molar-refractivity contribution in [2.75, 3.05) is 0 Å². The molecule has 21 heavy (non-hydrogen) atoms. The van der Waals surface area contributed by atoms with Gasteiger partial charge in [0, 0.05) is 5.56 Å². The van der Waals surface area contributed by atoms with Gasteiger partial charge >= 0.3 is 0 Å². The average molecular weight is 271 g/mol. The molecule has 0 saturated carbocycles. The number of H-pyrrole nitrogens is 1. The van der Waals surface area contributed by atoms with Crippen molar-refractivity contribution in [2.24, 2.45) is 15.0 Å². The topological polar surface area (TPSA) is 65.8 Å². The van der Waals surface area contributed by atoms with Gasteiger partial charge in [0.05, 0.1) is 16.4 Å². The number of hydrogen-bond acceptors (Lipinski definition) is 4. The Balaban J connectivity index is 1.80. The molecule has 0 fully saturated rings.